The van der Waals surface area contributed by atoms with Gasteiger partial charge in [0.1, 0.15) is 0 Å². The van der Waals surface area contributed by atoms with Crippen LogP contribution in [-0.4, -0.2) is 26.2 Å². The number of ether oxygens (including phenoxy) is 2. The van der Waals surface area contributed by atoms with E-state index in [1.165, 1.54) is 13.2 Å². The molecule has 0 aromatic heterocycles. The van der Waals surface area contributed by atoms with Gasteiger partial charge in [0.25, 0.3) is 5.91 Å². The standard InChI is InChI=1S/C17H15ClF2INO3/c1-24-14-5-2-10(8-15(14)25-17(19)20)6-7-22-16(23)12-4-3-11(18)9-13(12)21/h2-5,8-9,17H,6-7H2,1H3,(H,22,23). The Morgan fingerprint density at radius 2 is 2.00 bits per heavy atom. The molecular weight excluding hydrogens is 467 g/mol. The number of methoxy groups -OCH3 is 1. The van der Waals surface area contributed by atoms with Gasteiger partial charge in [-0.1, -0.05) is 17.7 Å². The molecule has 0 saturated heterocycles. The van der Waals surface area contributed by atoms with E-state index in [4.69, 9.17) is 16.3 Å². The van der Waals surface area contributed by atoms with E-state index in [-0.39, 0.29) is 17.4 Å². The van der Waals surface area contributed by atoms with Crippen molar-refractivity contribution < 1.29 is 23.0 Å². The highest BCUT2D eigenvalue weighted by Gasteiger charge is 2.12. The van der Waals surface area contributed by atoms with Gasteiger partial charge in [0.15, 0.2) is 11.5 Å². The lowest BCUT2D eigenvalue weighted by Gasteiger charge is -2.12. The first-order chi connectivity index (χ1) is 11.9. The molecule has 25 heavy (non-hydrogen) atoms. The van der Waals surface area contributed by atoms with Crippen LogP contribution in [0.15, 0.2) is 36.4 Å². The van der Waals surface area contributed by atoms with Gasteiger partial charge in [-0.15, -0.1) is 0 Å². The third-order valence-electron chi connectivity index (χ3n) is 3.32. The van der Waals surface area contributed by atoms with Crippen molar-refractivity contribution in [2.75, 3.05) is 13.7 Å². The number of amides is 1. The average Bonchev–Trinajstić information content (AvgIpc) is 2.54. The van der Waals surface area contributed by atoms with E-state index in [0.717, 1.165) is 9.13 Å². The second-order valence-electron chi connectivity index (χ2n) is 4.99. The molecule has 134 valence electrons. The van der Waals surface area contributed by atoms with Crippen LogP contribution in [-0.2, 0) is 6.42 Å². The fourth-order valence-electron chi connectivity index (χ4n) is 2.15. The zero-order valence-electron chi connectivity index (χ0n) is 13.2. The molecule has 0 heterocycles. The molecule has 4 nitrogen and oxygen atoms in total. The number of halogens is 4. The van der Waals surface area contributed by atoms with Crippen molar-refractivity contribution in [3.63, 3.8) is 0 Å². The number of rotatable bonds is 7. The van der Waals surface area contributed by atoms with Crippen molar-refractivity contribution >= 4 is 40.1 Å². The molecule has 0 aliphatic heterocycles. The van der Waals surface area contributed by atoms with Crippen molar-refractivity contribution in [2.24, 2.45) is 0 Å². The molecular formula is C17H15ClF2INO3. The first-order valence-electron chi connectivity index (χ1n) is 7.25. The number of nitrogens with one attached hydrogen (secondary N) is 1. The Kier molecular flexibility index (Phi) is 7.24. The molecule has 0 spiro atoms. The summed E-state index contributed by atoms with van der Waals surface area (Å²) in [7, 11) is 1.38. The first-order valence-corrected chi connectivity index (χ1v) is 8.71. The van der Waals surface area contributed by atoms with E-state index >= 15 is 0 Å². The van der Waals surface area contributed by atoms with E-state index in [2.05, 4.69) is 10.1 Å². The highest BCUT2D eigenvalue weighted by molar-refractivity contribution is 14.1. The number of carbonyl (C=O) groups excluding carboxylic acids is 1. The van der Waals surface area contributed by atoms with Crippen LogP contribution in [0.4, 0.5) is 8.78 Å². The van der Waals surface area contributed by atoms with Crippen LogP contribution >= 0.6 is 34.2 Å². The molecule has 8 heteroatoms. The summed E-state index contributed by atoms with van der Waals surface area (Å²) in [5, 5.41) is 3.35. The van der Waals surface area contributed by atoms with E-state index in [1.54, 1.807) is 30.3 Å². The Morgan fingerprint density at radius 1 is 1.24 bits per heavy atom. The Balaban J connectivity index is 1.98. The smallest absolute Gasteiger partial charge is 0.387 e. The molecule has 0 aliphatic carbocycles. The molecule has 0 radical (unpaired) electrons. The lowest BCUT2D eigenvalue weighted by Crippen LogP contribution is -2.26. The van der Waals surface area contributed by atoms with Crippen molar-refractivity contribution in [1.29, 1.82) is 0 Å². The summed E-state index contributed by atoms with van der Waals surface area (Å²) in [5.74, 6) is -0.0315. The van der Waals surface area contributed by atoms with Gasteiger partial charge in [-0.05, 0) is 64.9 Å². The molecule has 0 saturated carbocycles. The lowest BCUT2D eigenvalue weighted by atomic mass is 10.1. The second-order valence-corrected chi connectivity index (χ2v) is 6.59. The van der Waals surface area contributed by atoms with Crippen LogP contribution < -0.4 is 14.8 Å². The summed E-state index contributed by atoms with van der Waals surface area (Å²) >= 11 is 7.91. The predicted octanol–water partition coefficient (Wildman–Crippen LogP) is 4.53. The Bertz CT molecular complexity index is 759. The van der Waals surface area contributed by atoms with Crippen molar-refractivity contribution in [2.45, 2.75) is 13.0 Å². The Morgan fingerprint density at radius 3 is 2.64 bits per heavy atom. The minimum Gasteiger partial charge on any atom is -0.493 e. The van der Waals surface area contributed by atoms with Gasteiger partial charge in [0.05, 0.1) is 12.7 Å². The van der Waals surface area contributed by atoms with Crippen LogP contribution in [0, 0.1) is 3.57 Å². The first kappa shape index (κ1) is 19.7. The number of carbonyl (C=O) groups is 1. The monoisotopic (exact) mass is 481 g/mol. The number of hydrogen-bond donors (Lipinski definition) is 1. The number of alkyl halides is 2. The SMILES string of the molecule is COc1ccc(CCNC(=O)c2ccc(Cl)cc2I)cc1OC(F)F. The lowest BCUT2D eigenvalue weighted by molar-refractivity contribution is -0.0512. The van der Waals surface area contributed by atoms with Gasteiger partial charge in [-0.2, -0.15) is 8.78 Å². The zero-order valence-corrected chi connectivity index (χ0v) is 16.1. The Hall–Kier alpha value is -1.61. The number of hydrogen-bond acceptors (Lipinski definition) is 3. The van der Waals surface area contributed by atoms with Crippen LogP contribution in [0.1, 0.15) is 15.9 Å². The zero-order chi connectivity index (χ0) is 18.4. The predicted molar refractivity (Wildman–Crippen MR) is 99.8 cm³/mol. The maximum absolute atomic E-state index is 12.4. The fourth-order valence-corrected chi connectivity index (χ4v) is 3.27. The maximum Gasteiger partial charge on any atom is 0.387 e. The third-order valence-corrected chi connectivity index (χ3v) is 4.45. The number of benzene rings is 2. The van der Waals surface area contributed by atoms with Crippen LogP contribution in [0.25, 0.3) is 0 Å². The molecule has 0 bridgehead atoms. The molecule has 0 aliphatic rings. The molecule has 2 aromatic carbocycles. The summed E-state index contributed by atoms with van der Waals surface area (Å²) in [6, 6.07) is 9.77. The molecule has 0 fully saturated rings. The summed E-state index contributed by atoms with van der Waals surface area (Å²) in [4.78, 5) is 12.2. The summed E-state index contributed by atoms with van der Waals surface area (Å²) < 4.78 is 35.0. The Labute approximate surface area is 162 Å². The van der Waals surface area contributed by atoms with E-state index < -0.39 is 6.61 Å². The van der Waals surface area contributed by atoms with Gasteiger partial charge in [0.2, 0.25) is 0 Å². The van der Waals surface area contributed by atoms with Crippen LogP contribution in [0.3, 0.4) is 0 Å². The van der Waals surface area contributed by atoms with Gasteiger partial charge >= 0.3 is 6.61 Å². The summed E-state index contributed by atoms with van der Waals surface area (Å²) in [6.45, 7) is -2.59. The third kappa shape index (κ3) is 5.71. The van der Waals surface area contributed by atoms with Crippen molar-refractivity contribution in [3.05, 3.63) is 56.1 Å². The maximum atomic E-state index is 12.4. The van der Waals surface area contributed by atoms with E-state index in [0.29, 0.717) is 23.6 Å². The average molecular weight is 482 g/mol. The quantitative estimate of drug-likeness (QED) is 0.591. The topological polar surface area (TPSA) is 47.6 Å². The molecule has 0 unspecified atom stereocenters. The molecule has 2 aromatic rings. The van der Waals surface area contributed by atoms with Gasteiger partial charge in [0, 0.05) is 15.1 Å². The van der Waals surface area contributed by atoms with Crippen LogP contribution in [0.2, 0.25) is 5.02 Å². The minimum atomic E-state index is -2.93. The van der Waals surface area contributed by atoms with E-state index in [9.17, 15) is 13.6 Å². The molecule has 1 amide bonds. The largest absolute Gasteiger partial charge is 0.493 e. The highest BCUT2D eigenvalue weighted by atomic mass is 127. The second kappa shape index (κ2) is 9.19. The summed E-state index contributed by atoms with van der Waals surface area (Å²) in [5.41, 5.74) is 1.27. The van der Waals surface area contributed by atoms with Crippen molar-refractivity contribution in [1.82, 2.24) is 5.32 Å². The van der Waals surface area contributed by atoms with Crippen LogP contribution in [0.5, 0.6) is 11.5 Å². The molecule has 0 atom stereocenters. The van der Waals surface area contributed by atoms with Crippen molar-refractivity contribution in [3.8, 4) is 11.5 Å². The normalized spacial score (nSPS) is 10.6. The van der Waals surface area contributed by atoms with Gasteiger partial charge in [-0.25, -0.2) is 0 Å². The molecule has 2 rings (SSSR count). The van der Waals surface area contributed by atoms with E-state index in [1.807, 2.05) is 22.6 Å². The fraction of sp³-hybridized carbons (Fsp3) is 0.235. The van der Waals surface area contributed by atoms with Gasteiger partial charge in [-0.3, -0.25) is 4.79 Å². The molecule has 1 N–H and O–H groups in total. The van der Waals surface area contributed by atoms with Gasteiger partial charge < -0.3 is 14.8 Å². The summed E-state index contributed by atoms with van der Waals surface area (Å²) in [6.07, 6.45) is 0.458. The minimum absolute atomic E-state index is 0.0337. The highest BCUT2D eigenvalue weighted by Crippen LogP contribution is 2.29.